The second kappa shape index (κ2) is 5.87. The Morgan fingerprint density at radius 2 is 1.89 bits per heavy atom. The number of hydrogen-bond acceptors (Lipinski definition) is 4. The van der Waals surface area contributed by atoms with Gasteiger partial charge in [0.1, 0.15) is 0 Å². The van der Waals surface area contributed by atoms with Gasteiger partial charge in [0.05, 0.1) is 0 Å². The Bertz CT molecular complexity index is 391. The molecule has 3 rings (SSSR count). The van der Waals surface area contributed by atoms with Crippen molar-refractivity contribution in [1.29, 1.82) is 0 Å². The molecule has 0 spiro atoms. The van der Waals surface area contributed by atoms with E-state index in [0.717, 1.165) is 19.0 Å². The van der Waals surface area contributed by atoms with Crippen molar-refractivity contribution in [2.24, 2.45) is 0 Å². The lowest BCUT2D eigenvalue weighted by Gasteiger charge is -2.21. The van der Waals surface area contributed by atoms with Gasteiger partial charge in [0.2, 0.25) is 5.95 Å². The van der Waals surface area contributed by atoms with Gasteiger partial charge in [0.15, 0.2) is 0 Å². The third-order valence-corrected chi connectivity index (χ3v) is 4.48. The summed E-state index contributed by atoms with van der Waals surface area (Å²) in [6, 6.07) is 0.600. The van der Waals surface area contributed by atoms with E-state index in [2.05, 4.69) is 27.2 Å². The molecule has 1 saturated carbocycles. The van der Waals surface area contributed by atoms with Crippen LogP contribution in [-0.2, 0) is 0 Å². The molecule has 0 aromatic carbocycles. The molecule has 104 valence electrons. The van der Waals surface area contributed by atoms with E-state index in [1.165, 1.54) is 44.1 Å². The van der Waals surface area contributed by atoms with Gasteiger partial charge in [-0.15, -0.1) is 0 Å². The van der Waals surface area contributed by atoms with E-state index in [9.17, 15) is 0 Å². The van der Waals surface area contributed by atoms with Crippen LogP contribution >= 0.6 is 0 Å². The number of nitrogens with zero attached hydrogens (tertiary/aromatic N) is 3. The third kappa shape index (κ3) is 3.06. The largest absolute Gasteiger partial charge is 0.342 e. The van der Waals surface area contributed by atoms with Crippen molar-refractivity contribution in [1.82, 2.24) is 15.3 Å². The summed E-state index contributed by atoms with van der Waals surface area (Å²) >= 11 is 0. The Balaban J connectivity index is 1.60. The molecule has 1 atom stereocenters. The van der Waals surface area contributed by atoms with Crippen LogP contribution in [0, 0.1) is 0 Å². The molecular weight excluding hydrogens is 236 g/mol. The van der Waals surface area contributed by atoms with Gasteiger partial charge in [0.25, 0.3) is 0 Å². The first kappa shape index (κ1) is 12.9. The summed E-state index contributed by atoms with van der Waals surface area (Å²) in [6.45, 7) is 2.16. The summed E-state index contributed by atoms with van der Waals surface area (Å²) < 4.78 is 0. The standard InChI is InChI=1S/C15H24N4/c1-19(11-14-7-4-8-16-14)15-17-9-13(10-18-15)12-5-2-3-6-12/h9-10,12,14,16H,2-8,11H2,1H3. The normalized spacial score (nSPS) is 23.9. The van der Waals surface area contributed by atoms with E-state index in [1.54, 1.807) is 0 Å². The number of anilines is 1. The van der Waals surface area contributed by atoms with Gasteiger partial charge < -0.3 is 10.2 Å². The zero-order valence-corrected chi connectivity index (χ0v) is 11.8. The average Bonchev–Trinajstić information content (AvgIpc) is 3.12. The molecule has 1 N–H and O–H groups in total. The maximum Gasteiger partial charge on any atom is 0.225 e. The number of aromatic nitrogens is 2. The van der Waals surface area contributed by atoms with E-state index < -0.39 is 0 Å². The molecule has 1 saturated heterocycles. The maximum atomic E-state index is 4.55. The van der Waals surface area contributed by atoms with E-state index in [1.807, 2.05) is 12.4 Å². The number of likely N-dealkylation sites (N-methyl/N-ethyl adjacent to an activating group) is 1. The fraction of sp³-hybridized carbons (Fsp3) is 0.733. The van der Waals surface area contributed by atoms with Crippen LogP contribution in [0.15, 0.2) is 12.4 Å². The van der Waals surface area contributed by atoms with Crippen LogP contribution in [0.3, 0.4) is 0 Å². The topological polar surface area (TPSA) is 41.0 Å². The predicted octanol–water partition coefficient (Wildman–Crippen LogP) is 2.32. The van der Waals surface area contributed by atoms with Crippen molar-refractivity contribution in [3.05, 3.63) is 18.0 Å². The lowest BCUT2D eigenvalue weighted by molar-refractivity contribution is 0.593. The van der Waals surface area contributed by atoms with Crippen LogP contribution in [0.5, 0.6) is 0 Å². The van der Waals surface area contributed by atoms with Gasteiger partial charge in [-0.05, 0) is 43.7 Å². The van der Waals surface area contributed by atoms with Crippen LogP contribution in [0.25, 0.3) is 0 Å². The quantitative estimate of drug-likeness (QED) is 0.902. The predicted molar refractivity (Wildman–Crippen MR) is 77.5 cm³/mol. The summed E-state index contributed by atoms with van der Waals surface area (Å²) in [5.74, 6) is 1.56. The van der Waals surface area contributed by atoms with E-state index in [-0.39, 0.29) is 0 Å². The first-order valence-corrected chi connectivity index (χ1v) is 7.59. The number of rotatable bonds is 4. The Morgan fingerprint density at radius 3 is 2.53 bits per heavy atom. The highest BCUT2D eigenvalue weighted by atomic mass is 15.2. The fourth-order valence-corrected chi connectivity index (χ4v) is 3.32. The summed E-state index contributed by atoms with van der Waals surface area (Å²) in [7, 11) is 2.09. The van der Waals surface area contributed by atoms with Crippen molar-refractivity contribution >= 4 is 5.95 Å². The average molecular weight is 260 g/mol. The van der Waals surface area contributed by atoms with Crippen LogP contribution in [-0.4, -0.2) is 36.1 Å². The molecule has 1 aliphatic heterocycles. The van der Waals surface area contributed by atoms with Crippen molar-refractivity contribution in [2.75, 3.05) is 25.0 Å². The van der Waals surface area contributed by atoms with Crippen LogP contribution < -0.4 is 10.2 Å². The van der Waals surface area contributed by atoms with Gasteiger partial charge >= 0.3 is 0 Å². The molecule has 2 fully saturated rings. The highest BCUT2D eigenvalue weighted by molar-refractivity contribution is 5.30. The summed E-state index contributed by atoms with van der Waals surface area (Å²) in [5, 5.41) is 3.52. The smallest absolute Gasteiger partial charge is 0.225 e. The second-order valence-electron chi connectivity index (χ2n) is 5.97. The highest BCUT2D eigenvalue weighted by Crippen LogP contribution is 2.33. The first-order valence-electron chi connectivity index (χ1n) is 7.59. The molecule has 4 heteroatoms. The minimum atomic E-state index is 0.600. The second-order valence-corrected chi connectivity index (χ2v) is 5.97. The summed E-state index contributed by atoms with van der Waals surface area (Å²) in [4.78, 5) is 11.3. The lowest BCUT2D eigenvalue weighted by Crippen LogP contribution is -2.36. The fourth-order valence-electron chi connectivity index (χ4n) is 3.32. The maximum absolute atomic E-state index is 4.55. The SMILES string of the molecule is CN(CC1CCCN1)c1ncc(C2CCCC2)cn1. The number of nitrogens with one attached hydrogen (secondary N) is 1. The Morgan fingerprint density at radius 1 is 1.16 bits per heavy atom. The van der Waals surface area contributed by atoms with Gasteiger partial charge in [-0.1, -0.05) is 12.8 Å². The summed E-state index contributed by atoms with van der Waals surface area (Å²) in [5.41, 5.74) is 1.33. The molecule has 0 amide bonds. The zero-order chi connectivity index (χ0) is 13.1. The van der Waals surface area contributed by atoms with Gasteiger partial charge in [-0.3, -0.25) is 0 Å². The summed E-state index contributed by atoms with van der Waals surface area (Å²) in [6.07, 6.45) is 12.0. The van der Waals surface area contributed by atoms with Crippen molar-refractivity contribution in [3.63, 3.8) is 0 Å². The van der Waals surface area contributed by atoms with Gasteiger partial charge in [-0.25, -0.2) is 9.97 Å². The van der Waals surface area contributed by atoms with E-state index in [0.29, 0.717) is 12.0 Å². The van der Waals surface area contributed by atoms with Crippen molar-refractivity contribution < 1.29 is 0 Å². The molecule has 2 heterocycles. The first-order chi connectivity index (χ1) is 9.33. The molecule has 19 heavy (non-hydrogen) atoms. The molecule has 0 radical (unpaired) electrons. The third-order valence-electron chi connectivity index (χ3n) is 4.48. The zero-order valence-electron chi connectivity index (χ0n) is 11.8. The monoisotopic (exact) mass is 260 g/mol. The Hall–Kier alpha value is -1.16. The van der Waals surface area contributed by atoms with E-state index >= 15 is 0 Å². The Kier molecular flexibility index (Phi) is 3.97. The number of hydrogen-bond donors (Lipinski definition) is 1. The van der Waals surface area contributed by atoms with Crippen LogP contribution in [0.1, 0.15) is 50.0 Å². The molecule has 1 aromatic rings. The van der Waals surface area contributed by atoms with Crippen LogP contribution in [0.2, 0.25) is 0 Å². The van der Waals surface area contributed by atoms with Crippen molar-refractivity contribution in [2.45, 2.75) is 50.5 Å². The lowest BCUT2D eigenvalue weighted by atomic mass is 10.0. The van der Waals surface area contributed by atoms with Crippen LogP contribution in [0.4, 0.5) is 5.95 Å². The molecule has 2 aliphatic rings. The molecule has 0 bridgehead atoms. The van der Waals surface area contributed by atoms with Gasteiger partial charge in [0, 0.05) is 32.0 Å². The van der Waals surface area contributed by atoms with Gasteiger partial charge in [-0.2, -0.15) is 0 Å². The Labute approximate surface area is 115 Å². The molecule has 4 nitrogen and oxygen atoms in total. The van der Waals surface area contributed by atoms with Crippen molar-refractivity contribution in [3.8, 4) is 0 Å². The molecule has 1 aromatic heterocycles. The minimum absolute atomic E-state index is 0.600. The molecule has 1 aliphatic carbocycles. The van der Waals surface area contributed by atoms with E-state index in [4.69, 9.17) is 0 Å². The molecular formula is C15H24N4. The molecule has 1 unspecified atom stereocenters. The minimum Gasteiger partial charge on any atom is -0.342 e. The highest BCUT2D eigenvalue weighted by Gasteiger charge is 2.19.